The van der Waals surface area contributed by atoms with E-state index in [1.807, 2.05) is 19.1 Å². The van der Waals surface area contributed by atoms with Gasteiger partial charge in [0.05, 0.1) is 16.8 Å². The van der Waals surface area contributed by atoms with Crippen LogP contribution in [-0.2, 0) is 24.9 Å². The predicted octanol–water partition coefficient (Wildman–Crippen LogP) is 4.69. The van der Waals surface area contributed by atoms with Crippen LogP contribution in [0, 0.1) is 53.3 Å². The van der Waals surface area contributed by atoms with Crippen LogP contribution in [0.3, 0.4) is 0 Å². The second kappa shape index (κ2) is 12.6. The third kappa shape index (κ3) is 6.77. The average Bonchev–Trinajstić information content (AvgIpc) is 3.29. The summed E-state index contributed by atoms with van der Waals surface area (Å²) < 4.78 is 61.6. The molecular weight excluding hydrogens is 601 g/mol. The zero-order valence-electron chi connectivity index (χ0n) is 26.7. The van der Waals surface area contributed by atoms with Crippen molar-refractivity contribution in [1.82, 2.24) is 10.0 Å². The Bertz CT molecular complexity index is 1420. The molecule has 1 amide bonds. The first-order valence-electron chi connectivity index (χ1n) is 16.5. The van der Waals surface area contributed by atoms with E-state index >= 15 is 0 Å². The molecule has 248 valence electrons. The summed E-state index contributed by atoms with van der Waals surface area (Å²) in [5, 5.41) is 13.2. The maximum atomic E-state index is 13.8. The molecule has 0 saturated heterocycles. The Kier molecular flexibility index (Phi) is 9.67. The van der Waals surface area contributed by atoms with Gasteiger partial charge in [-0.15, -0.1) is 0 Å². The van der Waals surface area contributed by atoms with Gasteiger partial charge in [-0.25, -0.2) is 13.1 Å². The van der Waals surface area contributed by atoms with Crippen molar-refractivity contribution in [1.29, 1.82) is 0 Å². The molecule has 44 heavy (non-hydrogen) atoms. The van der Waals surface area contributed by atoms with Crippen LogP contribution in [0.5, 0.6) is 0 Å². The Hall–Kier alpha value is -1.53. The second-order valence-electron chi connectivity index (χ2n) is 15.1. The lowest BCUT2D eigenvalue weighted by atomic mass is 9.43. The molecule has 0 spiro atoms. The maximum Gasteiger partial charge on any atom is 0.266 e. The lowest BCUT2D eigenvalue weighted by molar-refractivity contribution is -0.139. The number of hydrogen-bond donors (Lipinski definition) is 4. The van der Waals surface area contributed by atoms with E-state index in [0.29, 0.717) is 35.5 Å². The second-order valence-corrected chi connectivity index (χ2v) is 18.4. The van der Waals surface area contributed by atoms with Crippen molar-refractivity contribution < 1.29 is 31.3 Å². The quantitative estimate of drug-likeness (QED) is 0.268. The molecule has 1 unspecified atom stereocenters. The number of nitrogens with one attached hydrogen (secondary N) is 2. The fourth-order valence-corrected chi connectivity index (χ4v) is 11.9. The van der Waals surface area contributed by atoms with E-state index in [-0.39, 0.29) is 53.2 Å². The number of benzene rings is 1. The van der Waals surface area contributed by atoms with Crippen LogP contribution < -0.4 is 10.0 Å². The van der Waals surface area contributed by atoms with Crippen LogP contribution in [-0.4, -0.2) is 56.8 Å². The number of sulfonamides is 1. The van der Waals surface area contributed by atoms with Gasteiger partial charge in [0.1, 0.15) is 0 Å². The highest BCUT2D eigenvalue weighted by Crippen LogP contribution is 2.68. The minimum absolute atomic E-state index is 0.0347. The van der Waals surface area contributed by atoms with Crippen molar-refractivity contribution in [2.75, 3.05) is 12.3 Å². The molecule has 0 aromatic heterocycles. The molecule has 1 aromatic carbocycles. The van der Waals surface area contributed by atoms with Gasteiger partial charge in [-0.1, -0.05) is 38.5 Å². The third-order valence-electron chi connectivity index (χ3n) is 12.6. The van der Waals surface area contributed by atoms with Crippen molar-refractivity contribution >= 4 is 26.0 Å². The van der Waals surface area contributed by atoms with Gasteiger partial charge in [-0.2, -0.15) is 8.42 Å². The highest BCUT2D eigenvalue weighted by molar-refractivity contribution is 7.89. The molecular formula is C33H52N2O7S2. The number of rotatable bonds is 10. The molecule has 1 aromatic rings. The zero-order valence-corrected chi connectivity index (χ0v) is 28.3. The molecule has 0 heterocycles. The first-order chi connectivity index (χ1) is 20.5. The fourth-order valence-electron chi connectivity index (χ4n) is 10.3. The predicted molar refractivity (Wildman–Crippen MR) is 170 cm³/mol. The minimum Gasteiger partial charge on any atom is -0.393 e. The number of aryl methyl sites for hydroxylation is 1. The average molecular weight is 653 g/mol. The summed E-state index contributed by atoms with van der Waals surface area (Å²) in [7, 11) is -7.84. The van der Waals surface area contributed by atoms with Gasteiger partial charge < -0.3 is 10.4 Å². The first kappa shape index (κ1) is 33.8. The van der Waals surface area contributed by atoms with Gasteiger partial charge in [0.15, 0.2) is 0 Å². The van der Waals surface area contributed by atoms with E-state index in [4.69, 9.17) is 4.55 Å². The van der Waals surface area contributed by atoms with E-state index in [2.05, 4.69) is 30.8 Å². The van der Waals surface area contributed by atoms with Gasteiger partial charge in [0.25, 0.3) is 10.1 Å². The summed E-state index contributed by atoms with van der Waals surface area (Å²) in [6.45, 7) is 8.87. The Labute approximate surface area is 264 Å². The number of aliphatic hydroxyl groups is 1. The summed E-state index contributed by atoms with van der Waals surface area (Å²) in [5.74, 6) is 1.24. The Morgan fingerprint density at radius 2 is 1.64 bits per heavy atom. The number of amides is 1. The topological polar surface area (TPSA) is 150 Å². The van der Waals surface area contributed by atoms with E-state index in [0.717, 1.165) is 56.9 Å². The summed E-state index contributed by atoms with van der Waals surface area (Å²) >= 11 is 0. The summed E-state index contributed by atoms with van der Waals surface area (Å²) in [6, 6.07) is 6.85. The molecule has 10 atom stereocenters. The van der Waals surface area contributed by atoms with Gasteiger partial charge in [-0.3, -0.25) is 9.35 Å². The van der Waals surface area contributed by atoms with Crippen molar-refractivity contribution in [2.45, 2.75) is 109 Å². The van der Waals surface area contributed by atoms with Crippen LogP contribution in [0.4, 0.5) is 0 Å². The van der Waals surface area contributed by atoms with Crippen molar-refractivity contribution in [3.63, 3.8) is 0 Å². The molecule has 4 aliphatic rings. The van der Waals surface area contributed by atoms with Crippen molar-refractivity contribution in [3.05, 3.63) is 29.8 Å². The first-order valence-corrected chi connectivity index (χ1v) is 19.6. The number of carbonyl (C=O) groups excluding carboxylic acids is 1. The van der Waals surface area contributed by atoms with Crippen LogP contribution in [0.25, 0.3) is 0 Å². The molecule has 4 fully saturated rings. The molecule has 4 N–H and O–H groups in total. The smallest absolute Gasteiger partial charge is 0.266 e. The number of hydrogen-bond acceptors (Lipinski definition) is 6. The van der Waals surface area contributed by atoms with E-state index in [9.17, 15) is 26.7 Å². The number of carbonyl (C=O) groups is 1. The van der Waals surface area contributed by atoms with Crippen LogP contribution in [0.15, 0.2) is 29.2 Å². The largest absolute Gasteiger partial charge is 0.393 e. The van der Waals surface area contributed by atoms with Gasteiger partial charge >= 0.3 is 0 Å². The lowest BCUT2D eigenvalue weighted by Gasteiger charge is -2.63. The fraction of sp³-hybridized carbons (Fsp3) is 0.788. The van der Waals surface area contributed by atoms with E-state index in [1.54, 1.807) is 12.1 Å². The van der Waals surface area contributed by atoms with Crippen molar-refractivity contribution in [3.8, 4) is 0 Å². The molecule has 0 radical (unpaired) electrons. The maximum absolute atomic E-state index is 13.8. The van der Waals surface area contributed by atoms with Crippen molar-refractivity contribution in [2.24, 2.45) is 46.3 Å². The highest BCUT2D eigenvalue weighted by Gasteiger charge is 2.63. The lowest BCUT2D eigenvalue weighted by Crippen LogP contribution is -2.62. The number of aliphatic hydroxyl groups excluding tert-OH is 1. The standard InChI is InChI=1S/C33H52N2O7S2/c1-21-5-8-25(9-6-21)44(41,42)35-29-20-23-19-24(36)13-15-32(23,3)28-14-16-33(4)26(10-11-27(33)31(28)29)22(2)7-12-30(37)34-17-18-43(38,39)40/h5-6,8-9,22-24,26-29,31,35-36H,7,10-20H2,1-4H3,(H,34,37)(H,38,39,40)/t22-,23?,24-,26-,27+,28+,29+,31+,32+,33-/m1/s1. The Balaban J connectivity index is 1.36. The Morgan fingerprint density at radius 1 is 0.977 bits per heavy atom. The normalized spacial score (nSPS) is 37.8. The van der Waals surface area contributed by atoms with Gasteiger partial charge in [-0.05, 0) is 123 Å². The zero-order chi connectivity index (χ0) is 32.1. The monoisotopic (exact) mass is 652 g/mol. The molecule has 4 saturated carbocycles. The highest BCUT2D eigenvalue weighted by atomic mass is 32.2. The van der Waals surface area contributed by atoms with Crippen LogP contribution >= 0.6 is 0 Å². The summed E-state index contributed by atoms with van der Waals surface area (Å²) in [4.78, 5) is 12.7. The molecule has 9 nitrogen and oxygen atoms in total. The van der Waals surface area contributed by atoms with Crippen LogP contribution in [0.2, 0.25) is 0 Å². The van der Waals surface area contributed by atoms with Gasteiger partial charge in [0.2, 0.25) is 15.9 Å². The summed E-state index contributed by atoms with van der Waals surface area (Å²) in [6.07, 6.45) is 8.15. The molecule has 11 heteroatoms. The van der Waals surface area contributed by atoms with Crippen LogP contribution in [0.1, 0.15) is 90.5 Å². The third-order valence-corrected chi connectivity index (χ3v) is 14.8. The van der Waals surface area contributed by atoms with E-state index < -0.39 is 25.9 Å². The van der Waals surface area contributed by atoms with E-state index in [1.165, 1.54) is 0 Å². The Morgan fingerprint density at radius 3 is 2.32 bits per heavy atom. The SMILES string of the molecule is Cc1ccc(S(=O)(=O)N[C@H]2CC3C[C@H](O)CC[C@]3(C)[C@H]3CC[C@]4(C)[C@@H]([C@H](C)CCC(=O)NCCS(=O)(=O)O)CC[C@H]4[C@H]23)cc1. The number of fused-ring (bicyclic) bond motifs is 5. The van der Waals surface area contributed by atoms with Gasteiger partial charge in [0, 0.05) is 19.0 Å². The molecule has 0 aliphatic heterocycles. The summed E-state index contributed by atoms with van der Waals surface area (Å²) in [5.41, 5.74) is 1.13. The minimum atomic E-state index is -4.11. The molecule has 0 bridgehead atoms. The molecule has 4 aliphatic carbocycles. The molecule has 5 rings (SSSR count).